The van der Waals surface area contributed by atoms with Crippen molar-refractivity contribution >= 4 is 5.91 Å². The molecule has 3 N–H and O–H groups in total. The van der Waals surface area contributed by atoms with Crippen molar-refractivity contribution in [2.24, 2.45) is 11.1 Å². The van der Waals surface area contributed by atoms with Crippen LogP contribution in [-0.2, 0) is 16.0 Å². The number of carbonyl (C=O) groups is 1. The Morgan fingerprint density at radius 2 is 2.00 bits per heavy atom. The van der Waals surface area contributed by atoms with Crippen LogP contribution in [0.2, 0.25) is 0 Å². The molecule has 0 spiro atoms. The van der Waals surface area contributed by atoms with Gasteiger partial charge in [0.1, 0.15) is 0 Å². The molecular weight excluding hydrogens is 264 g/mol. The minimum absolute atomic E-state index is 0.0915. The number of benzene rings is 1. The SMILES string of the molecule is CC(CCc1ccccc1)NC(=O)C1(CN)CCOCC1. The highest BCUT2D eigenvalue weighted by Crippen LogP contribution is 2.29. The second-order valence-corrected chi connectivity index (χ2v) is 6.00. The van der Waals surface area contributed by atoms with Gasteiger partial charge in [0, 0.05) is 25.8 Å². The molecule has 1 aliphatic heterocycles. The number of hydrogen-bond acceptors (Lipinski definition) is 3. The molecule has 1 atom stereocenters. The third kappa shape index (κ3) is 4.29. The zero-order chi connectivity index (χ0) is 15.1. The molecule has 4 nitrogen and oxygen atoms in total. The van der Waals surface area contributed by atoms with Crippen LogP contribution in [0.3, 0.4) is 0 Å². The van der Waals surface area contributed by atoms with Gasteiger partial charge in [0.25, 0.3) is 0 Å². The summed E-state index contributed by atoms with van der Waals surface area (Å²) in [5, 5.41) is 3.14. The molecule has 0 radical (unpaired) electrons. The van der Waals surface area contributed by atoms with Crippen LogP contribution in [0.5, 0.6) is 0 Å². The second kappa shape index (κ2) is 7.57. The molecule has 21 heavy (non-hydrogen) atoms. The Labute approximate surface area is 127 Å². The molecule has 1 heterocycles. The van der Waals surface area contributed by atoms with Crippen LogP contribution in [0.4, 0.5) is 0 Å². The lowest BCUT2D eigenvalue weighted by Gasteiger charge is -2.35. The number of nitrogens with one attached hydrogen (secondary N) is 1. The fraction of sp³-hybridized carbons (Fsp3) is 0.588. The average molecular weight is 290 g/mol. The summed E-state index contributed by atoms with van der Waals surface area (Å²) in [6, 6.07) is 10.5. The molecule has 0 bridgehead atoms. The lowest BCUT2D eigenvalue weighted by Crippen LogP contribution is -2.51. The Morgan fingerprint density at radius 3 is 2.62 bits per heavy atom. The number of aryl methyl sites for hydroxylation is 1. The van der Waals surface area contributed by atoms with Gasteiger partial charge in [0.15, 0.2) is 0 Å². The van der Waals surface area contributed by atoms with Crippen molar-refractivity contribution in [2.75, 3.05) is 19.8 Å². The van der Waals surface area contributed by atoms with Crippen LogP contribution in [0.1, 0.15) is 31.7 Å². The van der Waals surface area contributed by atoms with E-state index < -0.39 is 5.41 Å². The summed E-state index contributed by atoms with van der Waals surface area (Å²) in [4.78, 5) is 12.5. The Balaban J connectivity index is 1.83. The molecule has 1 amide bonds. The lowest BCUT2D eigenvalue weighted by molar-refractivity contribution is -0.136. The van der Waals surface area contributed by atoms with E-state index in [1.807, 2.05) is 18.2 Å². The van der Waals surface area contributed by atoms with Crippen molar-refractivity contribution in [3.8, 4) is 0 Å². The first-order chi connectivity index (χ1) is 10.2. The van der Waals surface area contributed by atoms with E-state index in [9.17, 15) is 4.79 Å². The highest BCUT2D eigenvalue weighted by atomic mass is 16.5. The van der Waals surface area contributed by atoms with Gasteiger partial charge in [-0.25, -0.2) is 0 Å². The normalized spacial score (nSPS) is 19.0. The van der Waals surface area contributed by atoms with Crippen molar-refractivity contribution in [1.29, 1.82) is 0 Å². The van der Waals surface area contributed by atoms with Gasteiger partial charge in [-0.15, -0.1) is 0 Å². The summed E-state index contributed by atoms with van der Waals surface area (Å²) in [5.74, 6) is 0.0915. The zero-order valence-electron chi connectivity index (χ0n) is 12.8. The summed E-state index contributed by atoms with van der Waals surface area (Å²) in [7, 11) is 0. The molecule has 1 fully saturated rings. The molecule has 0 aliphatic carbocycles. The number of carbonyl (C=O) groups excluding carboxylic acids is 1. The minimum atomic E-state index is -0.431. The molecule has 1 unspecified atom stereocenters. The van der Waals surface area contributed by atoms with Gasteiger partial charge in [0.2, 0.25) is 5.91 Å². The van der Waals surface area contributed by atoms with Crippen molar-refractivity contribution in [1.82, 2.24) is 5.32 Å². The molecule has 0 aromatic heterocycles. The smallest absolute Gasteiger partial charge is 0.227 e. The van der Waals surface area contributed by atoms with E-state index in [0.717, 1.165) is 25.7 Å². The van der Waals surface area contributed by atoms with E-state index in [0.29, 0.717) is 19.8 Å². The van der Waals surface area contributed by atoms with Crippen LogP contribution in [-0.4, -0.2) is 31.7 Å². The number of ether oxygens (including phenoxy) is 1. The quantitative estimate of drug-likeness (QED) is 0.841. The van der Waals surface area contributed by atoms with Crippen molar-refractivity contribution in [3.63, 3.8) is 0 Å². The van der Waals surface area contributed by atoms with Crippen LogP contribution < -0.4 is 11.1 Å². The molecule has 0 saturated carbocycles. The van der Waals surface area contributed by atoms with E-state index in [1.54, 1.807) is 0 Å². The van der Waals surface area contributed by atoms with Crippen LogP contribution >= 0.6 is 0 Å². The largest absolute Gasteiger partial charge is 0.381 e. The van der Waals surface area contributed by atoms with Gasteiger partial charge < -0.3 is 15.8 Å². The highest BCUT2D eigenvalue weighted by Gasteiger charge is 2.39. The third-order valence-electron chi connectivity index (χ3n) is 4.41. The lowest BCUT2D eigenvalue weighted by atomic mass is 9.79. The topological polar surface area (TPSA) is 64.4 Å². The highest BCUT2D eigenvalue weighted by molar-refractivity contribution is 5.83. The molecule has 1 saturated heterocycles. The average Bonchev–Trinajstić information content (AvgIpc) is 2.54. The minimum Gasteiger partial charge on any atom is -0.381 e. The fourth-order valence-electron chi connectivity index (χ4n) is 2.76. The van der Waals surface area contributed by atoms with Gasteiger partial charge >= 0.3 is 0 Å². The maximum atomic E-state index is 12.5. The third-order valence-corrected chi connectivity index (χ3v) is 4.41. The summed E-state index contributed by atoms with van der Waals surface area (Å²) in [5.41, 5.74) is 6.74. The van der Waals surface area contributed by atoms with Gasteiger partial charge in [0.05, 0.1) is 5.41 Å². The van der Waals surface area contributed by atoms with Crippen molar-refractivity contribution < 1.29 is 9.53 Å². The first-order valence-corrected chi connectivity index (χ1v) is 7.79. The molecule has 1 aromatic carbocycles. The van der Waals surface area contributed by atoms with E-state index in [-0.39, 0.29) is 11.9 Å². The molecule has 2 rings (SSSR count). The number of hydrogen-bond donors (Lipinski definition) is 2. The molecular formula is C17H26N2O2. The summed E-state index contributed by atoms with van der Waals surface area (Å²) < 4.78 is 5.35. The van der Waals surface area contributed by atoms with Gasteiger partial charge in [-0.05, 0) is 38.2 Å². The molecule has 1 aromatic rings. The zero-order valence-corrected chi connectivity index (χ0v) is 12.8. The first-order valence-electron chi connectivity index (χ1n) is 7.79. The summed E-state index contributed by atoms with van der Waals surface area (Å²) in [6.07, 6.45) is 3.36. The van der Waals surface area contributed by atoms with Crippen LogP contribution in [0.25, 0.3) is 0 Å². The van der Waals surface area contributed by atoms with Crippen LogP contribution in [0.15, 0.2) is 30.3 Å². The summed E-state index contributed by atoms with van der Waals surface area (Å²) in [6.45, 7) is 3.71. The fourth-order valence-corrected chi connectivity index (χ4v) is 2.76. The van der Waals surface area contributed by atoms with E-state index in [2.05, 4.69) is 24.4 Å². The van der Waals surface area contributed by atoms with E-state index >= 15 is 0 Å². The number of rotatable bonds is 6. The van der Waals surface area contributed by atoms with E-state index in [4.69, 9.17) is 10.5 Å². The number of amides is 1. The Kier molecular flexibility index (Phi) is 5.76. The van der Waals surface area contributed by atoms with Crippen molar-refractivity contribution in [3.05, 3.63) is 35.9 Å². The van der Waals surface area contributed by atoms with Gasteiger partial charge in [-0.3, -0.25) is 4.79 Å². The Hall–Kier alpha value is -1.39. The van der Waals surface area contributed by atoms with Crippen molar-refractivity contribution in [2.45, 2.75) is 38.6 Å². The first kappa shape index (κ1) is 16.0. The monoisotopic (exact) mass is 290 g/mol. The summed E-state index contributed by atoms with van der Waals surface area (Å²) >= 11 is 0. The maximum absolute atomic E-state index is 12.5. The molecule has 4 heteroatoms. The van der Waals surface area contributed by atoms with Gasteiger partial charge in [-0.2, -0.15) is 0 Å². The second-order valence-electron chi connectivity index (χ2n) is 6.00. The Morgan fingerprint density at radius 1 is 1.33 bits per heavy atom. The van der Waals surface area contributed by atoms with Crippen LogP contribution in [0, 0.1) is 5.41 Å². The predicted molar refractivity (Wildman–Crippen MR) is 83.9 cm³/mol. The van der Waals surface area contributed by atoms with E-state index in [1.165, 1.54) is 5.56 Å². The standard InChI is InChI=1S/C17H26N2O2/c1-14(7-8-15-5-3-2-4-6-15)19-16(20)17(13-18)9-11-21-12-10-17/h2-6,14H,7-13,18H2,1H3,(H,19,20). The maximum Gasteiger partial charge on any atom is 0.227 e. The molecule has 1 aliphatic rings. The number of nitrogens with two attached hydrogens (primary N) is 1. The van der Waals surface area contributed by atoms with Gasteiger partial charge in [-0.1, -0.05) is 30.3 Å². The Bertz CT molecular complexity index is 441. The molecule has 116 valence electrons. The predicted octanol–water partition coefficient (Wildman–Crippen LogP) is 1.88.